The molecule has 2 aliphatic heterocycles. The average molecular weight is 327 g/mol. The number of aliphatic imine (C=N–C) groups is 1. The molecule has 2 heterocycles. The molecule has 0 aliphatic carbocycles. The van der Waals surface area contributed by atoms with Crippen molar-refractivity contribution in [3.63, 3.8) is 0 Å². The molecule has 24 heavy (non-hydrogen) atoms. The lowest BCUT2D eigenvalue weighted by Gasteiger charge is -2.33. The van der Waals surface area contributed by atoms with Crippen molar-refractivity contribution in [2.75, 3.05) is 19.6 Å². The van der Waals surface area contributed by atoms with Gasteiger partial charge in [-0.05, 0) is 43.9 Å². The third-order valence-corrected chi connectivity index (χ3v) is 4.73. The van der Waals surface area contributed by atoms with E-state index in [9.17, 15) is 4.79 Å². The number of amides is 1. The van der Waals surface area contributed by atoms with Gasteiger partial charge < -0.3 is 10.1 Å². The molecule has 0 atom stereocenters. The number of aryl methyl sites for hydroxylation is 1. The van der Waals surface area contributed by atoms with E-state index in [1.165, 1.54) is 11.1 Å². The highest BCUT2D eigenvalue weighted by Crippen LogP contribution is 2.24. The lowest BCUT2D eigenvalue weighted by atomic mass is 10.1. The lowest BCUT2D eigenvalue weighted by molar-refractivity contribution is -0.119. The summed E-state index contributed by atoms with van der Waals surface area (Å²) in [6.45, 7) is 10.6. The van der Waals surface area contributed by atoms with E-state index in [1.54, 1.807) is 0 Å². The van der Waals surface area contributed by atoms with E-state index in [-0.39, 0.29) is 12.0 Å². The van der Waals surface area contributed by atoms with Crippen LogP contribution >= 0.6 is 0 Å². The number of benzene rings is 1. The topological polar surface area (TPSA) is 53.9 Å². The molecule has 0 unspecified atom stereocenters. The molecule has 1 aromatic rings. The highest BCUT2D eigenvalue weighted by molar-refractivity contribution is 6.04. The van der Waals surface area contributed by atoms with Crippen molar-refractivity contribution in [2.24, 2.45) is 4.99 Å². The predicted molar refractivity (Wildman–Crippen MR) is 95.3 cm³/mol. The molecule has 128 valence electrons. The molecule has 0 bridgehead atoms. The predicted octanol–water partition coefficient (Wildman–Crippen LogP) is 2.58. The molecule has 0 aromatic heterocycles. The van der Waals surface area contributed by atoms with Gasteiger partial charge in [0.25, 0.3) is 0 Å². The number of piperidine rings is 1. The lowest BCUT2D eigenvalue weighted by Crippen LogP contribution is -2.42. The molecule has 0 radical (unpaired) electrons. The Kier molecular flexibility index (Phi) is 5.00. The number of likely N-dealkylation sites (tertiary alicyclic amines) is 1. The zero-order valence-corrected chi connectivity index (χ0v) is 14.5. The molecule has 1 amide bonds. The maximum absolute atomic E-state index is 11.5. The molecule has 3 rings (SSSR count). The maximum Gasteiger partial charge on any atom is 0.231 e. The molecule has 2 aliphatic rings. The second-order valence-electron chi connectivity index (χ2n) is 6.64. The van der Waals surface area contributed by atoms with Crippen LogP contribution in [0.25, 0.3) is 0 Å². The van der Waals surface area contributed by atoms with Crippen molar-refractivity contribution in [3.8, 4) is 5.75 Å². The van der Waals surface area contributed by atoms with Gasteiger partial charge in [-0.15, -0.1) is 0 Å². The molecule has 1 fully saturated rings. The van der Waals surface area contributed by atoms with E-state index >= 15 is 0 Å². The third kappa shape index (κ3) is 4.03. The highest BCUT2D eigenvalue weighted by atomic mass is 16.5. The number of carbonyl (C=O) groups excluding carboxylic acids is 1. The van der Waals surface area contributed by atoms with Crippen LogP contribution < -0.4 is 10.1 Å². The average Bonchev–Trinajstić information content (AvgIpc) is 2.53. The van der Waals surface area contributed by atoms with Crippen molar-refractivity contribution in [2.45, 2.75) is 39.2 Å². The summed E-state index contributed by atoms with van der Waals surface area (Å²) in [6.07, 6.45) is 2.62. The van der Waals surface area contributed by atoms with Gasteiger partial charge in [0.15, 0.2) is 0 Å². The monoisotopic (exact) mass is 327 g/mol. The van der Waals surface area contributed by atoms with E-state index in [2.05, 4.69) is 47.8 Å². The Hall–Kier alpha value is -2.14. The van der Waals surface area contributed by atoms with Gasteiger partial charge in [0.1, 0.15) is 17.7 Å². The van der Waals surface area contributed by atoms with Crippen LogP contribution in [0.4, 0.5) is 0 Å². The molecule has 1 saturated heterocycles. The van der Waals surface area contributed by atoms with Gasteiger partial charge in [0.05, 0.1) is 6.42 Å². The quantitative estimate of drug-likeness (QED) is 0.925. The van der Waals surface area contributed by atoms with E-state index < -0.39 is 0 Å². The van der Waals surface area contributed by atoms with Gasteiger partial charge in [0.2, 0.25) is 5.91 Å². The first-order chi connectivity index (χ1) is 11.5. The fourth-order valence-corrected chi connectivity index (χ4v) is 3.21. The zero-order valence-electron chi connectivity index (χ0n) is 14.5. The van der Waals surface area contributed by atoms with Crippen molar-refractivity contribution in [1.29, 1.82) is 0 Å². The van der Waals surface area contributed by atoms with E-state index in [4.69, 9.17) is 4.74 Å². The zero-order chi connectivity index (χ0) is 17.1. The summed E-state index contributed by atoms with van der Waals surface area (Å²) < 4.78 is 6.20. The molecule has 1 N–H and O–H groups in total. The van der Waals surface area contributed by atoms with Crippen molar-refractivity contribution < 1.29 is 9.53 Å². The highest BCUT2D eigenvalue weighted by Gasteiger charge is 2.24. The van der Waals surface area contributed by atoms with Crippen LogP contribution in [-0.4, -0.2) is 42.3 Å². The summed E-state index contributed by atoms with van der Waals surface area (Å²) in [5.74, 6) is 1.44. The van der Waals surface area contributed by atoms with Crippen LogP contribution in [0.15, 0.2) is 35.6 Å². The van der Waals surface area contributed by atoms with Gasteiger partial charge in [-0.2, -0.15) is 0 Å². The maximum atomic E-state index is 11.5. The summed E-state index contributed by atoms with van der Waals surface area (Å²) in [6, 6.07) is 6.21. The molecular weight excluding hydrogens is 302 g/mol. The number of ether oxygens (including phenoxy) is 1. The fourth-order valence-electron chi connectivity index (χ4n) is 3.21. The van der Waals surface area contributed by atoms with Crippen molar-refractivity contribution in [3.05, 3.63) is 41.7 Å². The van der Waals surface area contributed by atoms with Crippen LogP contribution in [0.1, 0.15) is 30.4 Å². The standard InChI is InChI=1S/C19H25N3O2/c1-13-5-4-6-18(14(13)2)24-17-7-9-22(10-8-17)12-16-11-19(23)21-15(3)20-16/h4-6,17H,3,7-12H2,1-2H3,(H,21,23). The van der Waals surface area contributed by atoms with E-state index in [0.29, 0.717) is 12.2 Å². The van der Waals surface area contributed by atoms with Gasteiger partial charge in [0, 0.05) is 25.3 Å². The van der Waals surface area contributed by atoms with Crippen LogP contribution in [0.2, 0.25) is 0 Å². The van der Waals surface area contributed by atoms with Crippen LogP contribution in [0, 0.1) is 13.8 Å². The van der Waals surface area contributed by atoms with Crippen molar-refractivity contribution >= 4 is 11.6 Å². The second kappa shape index (κ2) is 7.18. The molecule has 1 aromatic carbocycles. The van der Waals surface area contributed by atoms with E-state index in [0.717, 1.165) is 43.9 Å². The normalized spacial score (nSPS) is 19.8. The largest absolute Gasteiger partial charge is 0.490 e. The molecule has 0 saturated carbocycles. The number of hydrogen-bond acceptors (Lipinski definition) is 4. The Morgan fingerprint density at radius 2 is 2.08 bits per heavy atom. The number of carbonyl (C=O) groups is 1. The van der Waals surface area contributed by atoms with Crippen molar-refractivity contribution in [1.82, 2.24) is 10.2 Å². The summed E-state index contributed by atoms with van der Waals surface area (Å²) >= 11 is 0. The van der Waals surface area contributed by atoms with Gasteiger partial charge in [-0.3, -0.25) is 9.69 Å². The summed E-state index contributed by atoms with van der Waals surface area (Å²) in [5, 5.41) is 2.63. The molecular formula is C19H25N3O2. The van der Waals surface area contributed by atoms with Crippen LogP contribution in [0.5, 0.6) is 5.75 Å². The fraction of sp³-hybridized carbons (Fsp3) is 0.474. The number of hydrogen-bond donors (Lipinski definition) is 1. The smallest absolute Gasteiger partial charge is 0.231 e. The molecule has 5 heteroatoms. The van der Waals surface area contributed by atoms with Crippen LogP contribution in [-0.2, 0) is 4.79 Å². The Morgan fingerprint density at radius 1 is 1.33 bits per heavy atom. The Labute approximate surface area is 143 Å². The number of nitrogens with zero attached hydrogens (tertiary/aromatic N) is 2. The van der Waals surface area contributed by atoms with Crippen LogP contribution in [0.3, 0.4) is 0 Å². The van der Waals surface area contributed by atoms with E-state index in [1.807, 2.05) is 6.07 Å². The summed E-state index contributed by atoms with van der Waals surface area (Å²) in [7, 11) is 0. The Morgan fingerprint density at radius 3 is 2.79 bits per heavy atom. The minimum Gasteiger partial charge on any atom is -0.490 e. The minimum atomic E-state index is -0.0156. The molecule has 0 spiro atoms. The van der Waals surface area contributed by atoms with Gasteiger partial charge in [-0.25, -0.2) is 4.99 Å². The SMILES string of the molecule is C=C1N=C(CN2CCC(Oc3cccc(C)c3C)CC2)CC(=O)N1. The first-order valence-electron chi connectivity index (χ1n) is 8.51. The molecule has 5 nitrogen and oxygen atoms in total. The van der Waals surface area contributed by atoms with Gasteiger partial charge in [-0.1, -0.05) is 18.7 Å². The number of rotatable bonds is 4. The minimum absolute atomic E-state index is 0.0156. The Bertz CT molecular complexity index is 673. The second-order valence-corrected chi connectivity index (χ2v) is 6.64. The number of nitrogens with one attached hydrogen (secondary N) is 1. The van der Waals surface area contributed by atoms with Gasteiger partial charge >= 0.3 is 0 Å². The first kappa shape index (κ1) is 16.7. The summed E-state index contributed by atoms with van der Waals surface area (Å²) in [5.41, 5.74) is 3.39. The first-order valence-corrected chi connectivity index (χ1v) is 8.51. The summed E-state index contributed by atoms with van der Waals surface area (Å²) in [4.78, 5) is 18.2. The third-order valence-electron chi connectivity index (χ3n) is 4.73. The Balaban J connectivity index is 1.52.